The quantitative estimate of drug-likeness (QED) is 0.233. The Bertz CT molecular complexity index is 1620. The predicted molar refractivity (Wildman–Crippen MR) is 162 cm³/mol. The number of nitrogens with zero attached hydrogens (tertiary/aromatic N) is 3. The first-order valence-electron chi connectivity index (χ1n) is 14.5. The summed E-state index contributed by atoms with van der Waals surface area (Å²) in [5, 5.41) is 9.88. The molecule has 10 nitrogen and oxygen atoms in total. The summed E-state index contributed by atoms with van der Waals surface area (Å²) >= 11 is 0. The molecule has 4 aromatic rings. The fraction of sp³-hybridized carbons (Fsp3) is 0.364. The number of carbonyl (C=O) groups excluding carboxylic acids is 2. The highest BCUT2D eigenvalue weighted by Gasteiger charge is 2.34. The van der Waals surface area contributed by atoms with E-state index in [-0.39, 0.29) is 24.2 Å². The van der Waals surface area contributed by atoms with Crippen LogP contribution in [-0.2, 0) is 14.4 Å². The molecular weight excluding hydrogens is 567 g/mol. The van der Waals surface area contributed by atoms with Gasteiger partial charge in [-0.1, -0.05) is 12.1 Å². The van der Waals surface area contributed by atoms with Gasteiger partial charge in [0.25, 0.3) is 0 Å². The summed E-state index contributed by atoms with van der Waals surface area (Å²) in [5.74, 6) is 0.393. The fourth-order valence-electron chi connectivity index (χ4n) is 5.11. The first kappa shape index (κ1) is 30.8. The van der Waals surface area contributed by atoms with Crippen LogP contribution in [0.4, 0.5) is 9.18 Å². The maximum Gasteiger partial charge on any atom is 0.528 e. The minimum absolute atomic E-state index is 0.166. The van der Waals surface area contributed by atoms with Crippen LogP contribution in [0.25, 0.3) is 16.6 Å². The van der Waals surface area contributed by atoms with Crippen molar-refractivity contribution in [3.63, 3.8) is 0 Å². The zero-order chi connectivity index (χ0) is 31.4. The van der Waals surface area contributed by atoms with Crippen molar-refractivity contribution in [1.82, 2.24) is 20.2 Å². The average molecular weight is 605 g/mol. The van der Waals surface area contributed by atoms with Crippen LogP contribution in [0, 0.1) is 11.7 Å². The molecule has 1 unspecified atom stereocenters. The van der Waals surface area contributed by atoms with Crippen molar-refractivity contribution < 1.29 is 33.0 Å². The van der Waals surface area contributed by atoms with Gasteiger partial charge in [-0.05, 0) is 94.3 Å². The number of nitrogens with one attached hydrogen (secondary N) is 1. The summed E-state index contributed by atoms with van der Waals surface area (Å²) < 4.78 is 32.4. The summed E-state index contributed by atoms with van der Waals surface area (Å²) in [5.41, 5.74) is 1.72. The lowest BCUT2D eigenvalue weighted by atomic mass is 10.0. The lowest BCUT2D eigenvalue weighted by Crippen LogP contribution is -2.43. The van der Waals surface area contributed by atoms with Gasteiger partial charge in [0, 0.05) is 18.5 Å². The number of hydrogen-bond acceptors (Lipinski definition) is 8. The van der Waals surface area contributed by atoms with E-state index in [1.165, 1.54) is 17.2 Å². The van der Waals surface area contributed by atoms with Crippen molar-refractivity contribution in [2.75, 3.05) is 20.2 Å². The smallest absolute Gasteiger partial charge is 0.497 e. The van der Waals surface area contributed by atoms with Crippen molar-refractivity contribution in [2.24, 2.45) is 5.92 Å². The second-order valence-electron chi connectivity index (χ2n) is 11.8. The van der Waals surface area contributed by atoms with Gasteiger partial charge < -0.3 is 24.4 Å². The first-order valence-corrected chi connectivity index (χ1v) is 14.5. The van der Waals surface area contributed by atoms with E-state index >= 15 is 0 Å². The predicted octanol–water partition coefficient (Wildman–Crippen LogP) is 5.99. The summed E-state index contributed by atoms with van der Waals surface area (Å²) in [6.07, 6.45) is 0.899. The Morgan fingerprint density at radius 2 is 1.82 bits per heavy atom. The highest BCUT2D eigenvalue weighted by atomic mass is 19.1. The number of halogens is 1. The van der Waals surface area contributed by atoms with Gasteiger partial charge in [0.2, 0.25) is 5.91 Å². The van der Waals surface area contributed by atoms with Crippen LogP contribution >= 0.6 is 0 Å². The Morgan fingerprint density at radius 3 is 2.55 bits per heavy atom. The molecule has 232 valence electrons. The Kier molecular flexibility index (Phi) is 9.05. The number of carbonyl (C=O) groups is 2. The summed E-state index contributed by atoms with van der Waals surface area (Å²) in [7, 11) is 1.60. The second-order valence-corrected chi connectivity index (χ2v) is 11.8. The third-order valence-electron chi connectivity index (χ3n) is 7.24. The fourth-order valence-corrected chi connectivity index (χ4v) is 5.11. The molecule has 2 heterocycles. The van der Waals surface area contributed by atoms with Gasteiger partial charge >= 0.3 is 6.16 Å². The molecule has 1 saturated heterocycles. The molecule has 1 aromatic heterocycles. The standard InChI is InChI=1S/C33H37FN4O6/c1-21(36-31(39)23-15-16-37(20-23)44-32(40)43-33(2,3)4)30(22-7-6-8-27(17-22)41-5)42-28-13-14-29-24(18-28)19-35-38(29)26-11-9-25(34)10-12-26/h6-14,17-19,21,23,30H,15-16,20H2,1-5H3,(H,36,39)/t21-,23?,30-/m0/s1. The topological polar surface area (TPSA) is 104 Å². The molecule has 1 amide bonds. The van der Waals surface area contributed by atoms with E-state index in [1.54, 1.807) is 50.9 Å². The van der Waals surface area contributed by atoms with Crippen molar-refractivity contribution in [3.05, 3.63) is 84.3 Å². The molecule has 1 aliphatic rings. The molecule has 5 rings (SSSR count). The van der Waals surface area contributed by atoms with Crippen LogP contribution in [0.1, 0.15) is 45.8 Å². The first-order chi connectivity index (χ1) is 21.0. The van der Waals surface area contributed by atoms with Crippen LogP contribution in [0.5, 0.6) is 11.5 Å². The third kappa shape index (κ3) is 7.46. The summed E-state index contributed by atoms with van der Waals surface area (Å²) in [4.78, 5) is 30.7. The molecule has 0 aliphatic carbocycles. The summed E-state index contributed by atoms with van der Waals surface area (Å²) in [6.45, 7) is 7.85. The van der Waals surface area contributed by atoms with Crippen LogP contribution in [0.15, 0.2) is 72.9 Å². The number of amides is 1. The zero-order valence-electron chi connectivity index (χ0n) is 25.5. The number of hydroxylamine groups is 2. The molecule has 0 radical (unpaired) electrons. The Labute approximate surface area is 255 Å². The molecule has 3 atom stereocenters. The molecule has 1 aliphatic heterocycles. The van der Waals surface area contributed by atoms with E-state index in [9.17, 15) is 14.0 Å². The SMILES string of the molecule is COc1cccc([C@@H](Oc2ccc3c(cnn3-c3ccc(F)cc3)c2)[C@H](C)NC(=O)C2CCN(OC(=O)OC(C)(C)C)C2)c1. The molecule has 0 saturated carbocycles. The van der Waals surface area contributed by atoms with Gasteiger partial charge in [0.1, 0.15) is 29.0 Å². The third-order valence-corrected chi connectivity index (χ3v) is 7.24. The van der Waals surface area contributed by atoms with Crippen LogP contribution < -0.4 is 14.8 Å². The molecule has 1 fully saturated rings. The largest absolute Gasteiger partial charge is 0.528 e. The molecule has 3 aromatic carbocycles. The van der Waals surface area contributed by atoms with E-state index in [2.05, 4.69) is 10.4 Å². The number of benzene rings is 3. The number of rotatable bonds is 9. The normalized spacial score (nSPS) is 16.7. The Balaban J connectivity index is 1.31. The van der Waals surface area contributed by atoms with Gasteiger partial charge in [-0.25, -0.2) is 13.9 Å². The van der Waals surface area contributed by atoms with Crippen LogP contribution in [0.2, 0.25) is 0 Å². The Hall–Kier alpha value is -4.64. The minimum atomic E-state index is -0.793. The monoisotopic (exact) mass is 604 g/mol. The van der Waals surface area contributed by atoms with E-state index < -0.39 is 23.9 Å². The van der Waals surface area contributed by atoms with E-state index in [0.29, 0.717) is 24.5 Å². The number of hydrogen-bond donors (Lipinski definition) is 1. The zero-order valence-corrected chi connectivity index (χ0v) is 25.5. The maximum atomic E-state index is 13.4. The highest BCUT2D eigenvalue weighted by Crippen LogP contribution is 2.31. The average Bonchev–Trinajstić information content (AvgIpc) is 3.62. The maximum absolute atomic E-state index is 13.4. The number of ether oxygens (including phenoxy) is 3. The van der Waals surface area contributed by atoms with Gasteiger partial charge in [0.15, 0.2) is 0 Å². The molecule has 0 bridgehead atoms. The lowest BCUT2D eigenvalue weighted by molar-refractivity contribution is -0.138. The van der Waals surface area contributed by atoms with Crippen LogP contribution in [0.3, 0.4) is 0 Å². The second kappa shape index (κ2) is 12.9. The van der Waals surface area contributed by atoms with E-state index in [1.807, 2.05) is 49.4 Å². The van der Waals surface area contributed by atoms with Gasteiger partial charge in [-0.2, -0.15) is 5.10 Å². The number of methoxy groups -OCH3 is 1. The molecule has 1 N–H and O–H groups in total. The number of aromatic nitrogens is 2. The molecule has 44 heavy (non-hydrogen) atoms. The molecular formula is C33H37FN4O6. The summed E-state index contributed by atoms with van der Waals surface area (Å²) in [6, 6.07) is 18.8. The van der Waals surface area contributed by atoms with Crippen molar-refractivity contribution in [2.45, 2.75) is 51.9 Å². The van der Waals surface area contributed by atoms with Crippen molar-refractivity contribution >= 4 is 23.0 Å². The van der Waals surface area contributed by atoms with Crippen molar-refractivity contribution in [3.8, 4) is 17.2 Å². The Morgan fingerprint density at radius 1 is 1.05 bits per heavy atom. The van der Waals surface area contributed by atoms with E-state index in [0.717, 1.165) is 22.2 Å². The molecule has 0 spiro atoms. The lowest BCUT2D eigenvalue weighted by Gasteiger charge is -2.28. The van der Waals surface area contributed by atoms with Gasteiger partial charge in [-0.3, -0.25) is 4.79 Å². The minimum Gasteiger partial charge on any atom is -0.497 e. The number of fused-ring (bicyclic) bond motifs is 1. The van der Waals surface area contributed by atoms with E-state index in [4.69, 9.17) is 19.0 Å². The van der Waals surface area contributed by atoms with Gasteiger partial charge in [-0.15, -0.1) is 5.06 Å². The van der Waals surface area contributed by atoms with Gasteiger partial charge in [0.05, 0.1) is 36.5 Å². The van der Waals surface area contributed by atoms with Crippen LogP contribution in [-0.4, -0.2) is 58.7 Å². The molecule has 11 heteroatoms. The van der Waals surface area contributed by atoms with Crippen molar-refractivity contribution in [1.29, 1.82) is 0 Å². The highest BCUT2D eigenvalue weighted by molar-refractivity contribution is 5.82.